The Bertz CT molecular complexity index is 212. The van der Waals surface area contributed by atoms with E-state index in [-0.39, 0.29) is 0 Å². The maximum Gasteiger partial charge on any atom is -0.00128 e. The standard InChI is InChI=1S/C14H26/c1-6-8-9-13-12(5)14(13)11(4)10(3)7-2/h10-12H,6-9H2,1-5H3. The summed E-state index contributed by atoms with van der Waals surface area (Å²) < 4.78 is 0. The van der Waals surface area contributed by atoms with Gasteiger partial charge in [-0.25, -0.2) is 0 Å². The van der Waals surface area contributed by atoms with Crippen LogP contribution in [-0.2, 0) is 0 Å². The lowest BCUT2D eigenvalue weighted by Gasteiger charge is -2.15. The Labute approximate surface area is 89.8 Å². The first kappa shape index (κ1) is 11.8. The Morgan fingerprint density at radius 2 is 1.86 bits per heavy atom. The lowest BCUT2D eigenvalue weighted by molar-refractivity contribution is 0.427. The number of hydrogen-bond acceptors (Lipinski definition) is 0. The maximum atomic E-state index is 2.42. The van der Waals surface area contributed by atoms with Crippen molar-refractivity contribution in [1.82, 2.24) is 0 Å². The molecule has 0 radical (unpaired) electrons. The maximum absolute atomic E-state index is 2.42. The van der Waals surface area contributed by atoms with Gasteiger partial charge in [-0.1, -0.05) is 58.6 Å². The fraction of sp³-hybridized carbons (Fsp3) is 0.857. The van der Waals surface area contributed by atoms with Crippen molar-refractivity contribution in [2.24, 2.45) is 17.8 Å². The molecule has 1 aliphatic rings. The van der Waals surface area contributed by atoms with Gasteiger partial charge < -0.3 is 0 Å². The van der Waals surface area contributed by atoms with Crippen molar-refractivity contribution in [3.8, 4) is 0 Å². The zero-order chi connectivity index (χ0) is 10.7. The van der Waals surface area contributed by atoms with Crippen LogP contribution in [0.15, 0.2) is 11.1 Å². The molecule has 14 heavy (non-hydrogen) atoms. The highest BCUT2D eigenvalue weighted by Gasteiger charge is 2.35. The zero-order valence-electron chi connectivity index (χ0n) is 10.6. The number of hydrogen-bond donors (Lipinski definition) is 0. The lowest BCUT2D eigenvalue weighted by atomic mass is 9.90. The van der Waals surface area contributed by atoms with E-state index in [0.717, 1.165) is 17.8 Å². The van der Waals surface area contributed by atoms with Crippen LogP contribution in [0.1, 0.15) is 60.3 Å². The van der Waals surface area contributed by atoms with Crippen LogP contribution in [0.4, 0.5) is 0 Å². The van der Waals surface area contributed by atoms with Gasteiger partial charge in [0.25, 0.3) is 0 Å². The topological polar surface area (TPSA) is 0 Å². The molecule has 0 amide bonds. The summed E-state index contributed by atoms with van der Waals surface area (Å²) in [5.41, 5.74) is 3.59. The molecule has 0 saturated carbocycles. The van der Waals surface area contributed by atoms with Crippen LogP contribution in [-0.4, -0.2) is 0 Å². The van der Waals surface area contributed by atoms with Crippen LogP contribution in [0.5, 0.6) is 0 Å². The summed E-state index contributed by atoms with van der Waals surface area (Å²) in [5.74, 6) is 2.55. The third kappa shape index (κ3) is 2.40. The van der Waals surface area contributed by atoms with E-state index in [1.807, 2.05) is 0 Å². The van der Waals surface area contributed by atoms with Crippen LogP contribution < -0.4 is 0 Å². The van der Waals surface area contributed by atoms with Crippen LogP contribution >= 0.6 is 0 Å². The lowest BCUT2D eigenvalue weighted by Crippen LogP contribution is -2.06. The van der Waals surface area contributed by atoms with Gasteiger partial charge in [0.2, 0.25) is 0 Å². The summed E-state index contributed by atoms with van der Waals surface area (Å²) in [6, 6.07) is 0. The third-order valence-corrected chi connectivity index (χ3v) is 4.06. The second-order valence-electron chi connectivity index (χ2n) is 4.98. The van der Waals surface area contributed by atoms with E-state index in [0.29, 0.717) is 0 Å². The van der Waals surface area contributed by atoms with Crippen molar-refractivity contribution in [3.05, 3.63) is 11.1 Å². The molecule has 0 aromatic carbocycles. The van der Waals surface area contributed by atoms with Gasteiger partial charge in [0, 0.05) is 0 Å². The fourth-order valence-corrected chi connectivity index (χ4v) is 2.50. The molecule has 3 atom stereocenters. The van der Waals surface area contributed by atoms with E-state index in [1.54, 1.807) is 11.1 Å². The van der Waals surface area contributed by atoms with Crippen molar-refractivity contribution in [1.29, 1.82) is 0 Å². The van der Waals surface area contributed by atoms with Gasteiger partial charge in [0.05, 0.1) is 0 Å². The molecule has 1 aliphatic carbocycles. The molecule has 82 valence electrons. The van der Waals surface area contributed by atoms with E-state index in [4.69, 9.17) is 0 Å². The molecule has 1 rings (SSSR count). The first-order valence-corrected chi connectivity index (χ1v) is 6.36. The Morgan fingerprint density at radius 1 is 1.21 bits per heavy atom. The van der Waals surface area contributed by atoms with Crippen LogP contribution in [0.2, 0.25) is 0 Å². The van der Waals surface area contributed by atoms with Crippen molar-refractivity contribution >= 4 is 0 Å². The van der Waals surface area contributed by atoms with Gasteiger partial charge in [-0.05, 0) is 30.6 Å². The summed E-state index contributed by atoms with van der Waals surface area (Å²) in [6.07, 6.45) is 5.41. The molecule has 0 aliphatic heterocycles. The molecule has 0 fully saturated rings. The fourth-order valence-electron chi connectivity index (χ4n) is 2.50. The predicted molar refractivity (Wildman–Crippen MR) is 64.3 cm³/mol. The van der Waals surface area contributed by atoms with Crippen molar-refractivity contribution in [3.63, 3.8) is 0 Å². The summed E-state index contributed by atoms with van der Waals surface area (Å²) in [5, 5.41) is 0. The third-order valence-electron chi connectivity index (χ3n) is 4.06. The first-order chi connectivity index (χ1) is 6.63. The molecule has 0 bridgehead atoms. The second kappa shape index (κ2) is 5.00. The highest BCUT2D eigenvalue weighted by Crippen LogP contribution is 2.48. The average Bonchev–Trinajstić information content (AvgIpc) is 2.83. The van der Waals surface area contributed by atoms with Crippen molar-refractivity contribution in [2.75, 3.05) is 0 Å². The Kier molecular flexibility index (Phi) is 4.22. The molecule has 0 nitrogen and oxygen atoms in total. The molecule has 0 aromatic rings. The Morgan fingerprint density at radius 3 is 2.36 bits per heavy atom. The Balaban J connectivity index is 2.48. The van der Waals surface area contributed by atoms with E-state index in [2.05, 4.69) is 34.6 Å². The molecule has 0 heteroatoms. The van der Waals surface area contributed by atoms with Gasteiger partial charge in [-0.15, -0.1) is 0 Å². The minimum absolute atomic E-state index is 0.835. The van der Waals surface area contributed by atoms with Gasteiger partial charge >= 0.3 is 0 Å². The molecule has 0 saturated heterocycles. The monoisotopic (exact) mass is 194 g/mol. The normalized spacial score (nSPS) is 25.1. The van der Waals surface area contributed by atoms with E-state index < -0.39 is 0 Å². The quantitative estimate of drug-likeness (QED) is 0.532. The molecule has 0 aromatic heterocycles. The molecule has 3 unspecified atom stereocenters. The van der Waals surface area contributed by atoms with Crippen molar-refractivity contribution in [2.45, 2.75) is 60.3 Å². The zero-order valence-corrected chi connectivity index (χ0v) is 10.6. The minimum Gasteiger partial charge on any atom is -0.0654 e. The average molecular weight is 194 g/mol. The minimum atomic E-state index is 0.835. The summed E-state index contributed by atoms with van der Waals surface area (Å²) in [7, 11) is 0. The van der Waals surface area contributed by atoms with Gasteiger partial charge in [-0.3, -0.25) is 0 Å². The molecular weight excluding hydrogens is 168 g/mol. The van der Waals surface area contributed by atoms with Crippen molar-refractivity contribution < 1.29 is 0 Å². The number of unbranched alkanes of at least 4 members (excludes halogenated alkanes) is 1. The van der Waals surface area contributed by atoms with Gasteiger partial charge in [-0.2, -0.15) is 0 Å². The summed E-state index contributed by atoms with van der Waals surface area (Å²) in [4.78, 5) is 0. The number of rotatable bonds is 6. The first-order valence-electron chi connectivity index (χ1n) is 6.36. The van der Waals surface area contributed by atoms with Gasteiger partial charge in [0.15, 0.2) is 0 Å². The highest BCUT2D eigenvalue weighted by atomic mass is 14.4. The van der Waals surface area contributed by atoms with Crippen LogP contribution in [0.25, 0.3) is 0 Å². The molecule has 0 N–H and O–H groups in total. The SMILES string of the molecule is CCCCC1=C(C(C)C(C)CC)C1C. The smallest absolute Gasteiger partial charge is 0.00128 e. The van der Waals surface area contributed by atoms with Crippen LogP contribution in [0, 0.1) is 17.8 Å². The second-order valence-corrected chi connectivity index (χ2v) is 4.98. The van der Waals surface area contributed by atoms with Crippen LogP contribution in [0.3, 0.4) is 0 Å². The van der Waals surface area contributed by atoms with E-state index in [1.165, 1.54) is 25.7 Å². The molecule has 0 spiro atoms. The molecule has 0 heterocycles. The summed E-state index contributed by atoms with van der Waals surface area (Å²) in [6.45, 7) is 11.8. The summed E-state index contributed by atoms with van der Waals surface area (Å²) >= 11 is 0. The van der Waals surface area contributed by atoms with E-state index >= 15 is 0 Å². The predicted octanol–water partition coefficient (Wildman–Crippen LogP) is 4.81. The van der Waals surface area contributed by atoms with E-state index in [9.17, 15) is 0 Å². The largest absolute Gasteiger partial charge is 0.0654 e. The van der Waals surface area contributed by atoms with Gasteiger partial charge in [0.1, 0.15) is 0 Å². The molecular formula is C14H26. The number of allylic oxidation sites excluding steroid dienone is 2. The Hall–Kier alpha value is -0.260. The highest BCUT2D eigenvalue weighted by molar-refractivity contribution is 5.41.